The highest BCUT2D eigenvalue weighted by Gasteiger charge is 2.09. The third-order valence-corrected chi connectivity index (χ3v) is 4.05. The monoisotopic (exact) mass is 275 g/mol. The molecule has 0 saturated carbocycles. The molecule has 1 N–H and O–H groups in total. The first-order chi connectivity index (χ1) is 6.61. The van der Waals surface area contributed by atoms with Crippen molar-refractivity contribution in [2.24, 2.45) is 0 Å². The van der Waals surface area contributed by atoms with Crippen molar-refractivity contribution in [1.29, 1.82) is 0 Å². The predicted molar refractivity (Wildman–Crippen MR) is 68.2 cm³/mol. The summed E-state index contributed by atoms with van der Waals surface area (Å²) in [7, 11) is 0. The Morgan fingerprint density at radius 2 is 2.07 bits per heavy atom. The van der Waals surface area contributed by atoms with Gasteiger partial charge in [-0.15, -0.1) is 0 Å². The molecule has 0 spiro atoms. The van der Waals surface area contributed by atoms with Gasteiger partial charge in [0.05, 0.1) is 0 Å². The summed E-state index contributed by atoms with van der Waals surface area (Å²) in [5.74, 6) is 0.641. The molecule has 80 valence electrons. The molecule has 1 rings (SSSR count). The molecule has 1 heterocycles. The van der Waals surface area contributed by atoms with Crippen LogP contribution in [-0.2, 0) is 0 Å². The molecule has 0 aliphatic heterocycles. The number of hydrogen-bond donors (Lipinski definition) is 1. The number of hydrogen-bond acceptors (Lipinski definition) is 2. The van der Waals surface area contributed by atoms with Crippen molar-refractivity contribution < 1.29 is 0 Å². The van der Waals surface area contributed by atoms with Crippen LogP contribution in [-0.4, -0.2) is 12.6 Å². The maximum atomic E-state index is 3.58. The Balaban J connectivity index is 2.36. The SMILES string of the molecule is CC(C)NCCC(C)c1cscc1Br. The molecule has 1 aromatic rings. The van der Waals surface area contributed by atoms with Crippen LogP contribution in [0, 0.1) is 0 Å². The summed E-state index contributed by atoms with van der Waals surface area (Å²) >= 11 is 5.34. The van der Waals surface area contributed by atoms with Gasteiger partial charge in [-0.1, -0.05) is 20.8 Å². The largest absolute Gasteiger partial charge is 0.315 e. The summed E-state index contributed by atoms with van der Waals surface area (Å²) < 4.78 is 1.26. The Morgan fingerprint density at radius 1 is 1.36 bits per heavy atom. The van der Waals surface area contributed by atoms with E-state index in [0.717, 1.165) is 6.54 Å². The predicted octanol–water partition coefficient (Wildman–Crippen LogP) is 4.00. The van der Waals surface area contributed by atoms with Crippen LogP contribution in [0.4, 0.5) is 0 Å². The fraction of sp³-hybridized carbons (Fsp3) is 0.636. The maximum absolute atomic E-state index is 3.58. The number of thiophene rings is 1. The molecular formula is C11H18BrNS. The van der Waals surface area contributed by atoms with Gasteiger partial charge >= 0.3 is 0 Å². The summed E-state index contributed by atoms with van der Waals surface area (Å²) in [6, 6.07) is 0.591. The zero-order valence-corrected chi connectivity index (χ0v) is 11.4. The highest BCUT2D eigenvalue weighted by Crippen LogP contribution is 2.30. The van der Waals surface area contributed by atoms with Crippen LogP contribution in [0.5, 0.6) is 0 Å². The van der Waals surface area contributed by atoms with Gasteiger partial charge in [0.25, 0.3) is 0 Å². The van der Waals surface area contributed by atoms with Gasteiger partial charge in [-0.3, -0.25) is 0 Å². The van der Waals surface area contributed by atoms with Crippen molar-refractivity contribution in [3.05, 3.63) is 20.8 Å². The van der Waals surface area contributed by atoms with E-state index in [1.165, 1.54) is 16.5 Å². The third-order valence-electron chi connectivity index (χ3n) is 2.30. The molecule has 0 aromatic carbocycles. The maximum Gasteiger partial charge on any atom is 0.0317 e. The van der Waals surface area contributed by atoms with E-state index in [-0.39, 0.29) is 0 Å². The molecule has 0 saturated heterocycles. The first kappa shape index (κ1) is 12.2. The van der Waals surface area contributed by atoms with E-state index < -0.39 is 0 Å². The van der Waals surface area contributed by atoms with Crippen molar-refractivity contribution in [2.45, 2.75) is 39.2 Å². The van der Waals surface area contributed by atoms with Crippen molar-refractivity contribution >= 4 is 27.3 Å². The van der Waals surface area contributed by atoms with E-state index in [4.69, 9.17) is 0 Å². The average Bonchev–Trinajstić information content (AvgIpc) is 2.50. The zero-order chi connectivity index (χ0) is 10.6. The minimum Gasteiger partial charge on any atom is -0.315 e. The number of nitrogens with one attached hydrogen (secondary N) is 1. The molecule has 1 atom stereocenters. The quantitative estimate of drug-likeness (QED) is 0.857. The van der Waals surface area contributed by atoms with Crippen LogP contribution in [0.25, 0.3) is 0 Å². The Morgan fingerprint density at radius 3 is 2.57 bits per heavy atom. The molecule has 1 aromatic heterocycles. The van der Waals surface area contributed by atoms with Gasteiger partial charge in [-0.05, 0) is 45.8 Å². The molecule has 0 amide bonds. The Labute approximate surface area is 99.0 Å². The lowest BCUT2D eigenvalue weighted by atomic mass is 10.0. The minimum atomic E-state index is 0.591. The van der Waals surface area contributed by atoms with Crippen LogP contribution in [0.2, 0.25) is 0 Å². The fourth-order valence-electron chi connectivity index (χ4n) is 1.39. The molecule has 0 bridgehead atoms. The highest BCUT2D eigenvalue weighted by molar-refractivity contribution is 9.10. The lowest BCUT2D eigenvalue weighted by molar-refractivity contribution is 0.541. The highest BCUT2D eigenvalue weighted by atomic mass is 79.9. The van der Waals surface area contributed by atoms with Crippen LogP contribution in [0.3, 0.4) is 0 Å². The van der Waals surface area contributed by atoms with Gasteiger partial charge in [0.2, 0.25) is 0 Å². The van der Waals surface area contributed by atoms with Gasteiger partial charge in [-0.25, -0.2) is 0 Å². The van der Waals surface area contributed by atoms with E-state index in [1.807, 2.05) is 0 Å². The van der Waals surface area contributed by atoms with Crippen molar-refractivity contribution in [2.75, 3.05) is 6.54 Å². The summed E-state index contributed by atoms with van der Waals surface area (Å²) in [5.41, 5.74) is 1.44. The summed E-state index contributed by atoms with van der Waals surface area (Å²) in [6.07, 6.45) is 1.20. The van der Waals surface area contributed by atoms with Crippen molar-refractivity contribution in [1.82, 2.24) is 5.32 Å². The number of halogens is 1. The van der Waals surface area contributed by atoms with Gasteiger partial charge in [-0.2, -0.15) is 11.3 Å². The Hall–Kier alpha value is 0.140. The van der Waals surface area contributed by atoms with Crippen molar-refractivity contribution in [3.63, 3.8) is 0 Å². The zero-order valence-electron chi connectivity index (χ0n) is 9.01. The van der Waals surface area contributed by atoms with E-state index in [2.05, 4.69) is 52.8 Å². The molecular weight excluding hydrogens is 258 g/mol. The van der Waals surface area contributed by atoms with Crippen LogP contribution >= 0.6 is 27.3 Å². The van der Waals surface area contributed by atoms with E-state index in [0.29, 0.717) is 12.0 Å². The van der Waals surface area contributed by atoms with E-state index in [9.17, 15) is 0 Å². The minimum absolute atomic E-state index is 0.591. The first-order valence-corrected chi connectivity index (χ1v) is 6.79. The van der Waals surface area contributed by atoms with Gasteiger partial charge < -0.3 is 5.32 Å². The standard InChI is InChI=1S/C11H18BrNS/c1-8(2)13-5-4-9(3)10-6-14-7-11(10)12/h6-9,13H,4-5H2,1-3H3. The lowest BCUT2D eigenvalue weighted by Crippen LogP contribution is -2.24. The average molecular weight is 276 g/mol. The smallest absolute Gasteiger partial charge is 0.0317 e. The molecule has 0 aliphatic carbocycles. The molecule has 1 unspecified atom stereocenters. The van der Waals surface area contributed by atoms with Gasteiger partial charge in [0, 0.05) is 15.9 Å². The molecule has 0 aliphatic rings. The third kappa shape index (κ3) is 3.71. The summed E-state index contributed by atoms with van der Waals surface area (Å²) in [6.45, 7) is 7.76. The van der Waals surface area contributed by atoms with E-state index >= 15 is 0 Å². The fourth-order valence-corrected chi connectivity index (χ4v) is 3.20. The van der Waals surface area contributed by atoms with Crippen LogP contribution in [0.15, 0.2) is 15.2 Å². The van der Waals surface area contributed by atoms with Gasteiger partial charge in [0.1, 0.15) is 0 Å². The van der Waals surface area contributed by atoms with Gasteiger partial charge in [0.15, 0.2) is 0 Å². The lowest BCUT2D eigenvalue weighted by Gasteiger charge is -2.13. The Kier molecular flexibility index (Phi) is 5.13. The second kappa shape index (κ2) is 5.89. The van der Waals surface area contributed by atoms with Crippen LogP contribution in [0.1, 0.15) is 38.7 Å². The van der Waals surface area contributed by atoms with E-state index in [1.54, 1.807) is 11.3 Å². The number of rotatable bonds is 5. The second-order valence-electron chi connectivity index (χ2n) is 3.97. The topological polar surface area (TPSA) is 12.0 Å². The second-order valence-corrected chi connectivity index (χ2v) is 5.57. The first-order valence-electron chi connectivity index (χ1n) is 5.06. The Bertz CT molecular complexity index is 270. The normalized spacial score (nSPS) is 13.5. The molecule has 0 radical (unpaired) electrons. The molecule has 14 heavy (non-hydrogen) atoms. The molecule has 1 nitrogen and oxygen atoms in total. The summed E-state index contributed by atoms with van der Waals surface area (Å²) in [4.78, 5) is 0. The van der Waals surface area contributed by atoms with Crippen LogP contribution < -0.4 is 5.32 Å². The molecule has 3 heteroatoms. The van der Waals surface area contributed by atoms with Crippen molar-refractivity contribution in [3.8, 4) is 0 Å². The summed E-state index contributed by atoms with van der Waals surface area (Å²) in [5, 5.41) is 7.84. The molecule has 0 fully saturated rings.